The van der Waals surface area contributed by atoms with Gasteiger partial charge in [0.15, 0.2) is 11.5 Å². The van der Waals surface area contributed by atoms with Gasteiger partial charge in [0.1, 0.15) is 6.61 Å². The van der Waals surface area contributed by atoms with Crippen LogP contribution in [0.5, 0.6) is 11.5 Å². The normalized spacial score (nSPS) is 19.6. The lowest BCUT2D eigenvalue weighted by molar-refractivity contribution is 0.282. The summed E-state index contributed by atoms with van der Waals surface area (Å²) in [5, 5.41) is 3.80. The van der Waals surface area contributed by atoms with Gasteiger partial charge in [-0.05, 0) is 87.5 Å². The van der Waals surface area contributed by atoms with Gasteiger partial charge in [-0.3, -0.25) is 4.99 Å². The van der Waals surface area contributed by atoms with Gasteiger partial charge < -0.3 is 14.8 Å². The van der Waals surface area contributed by atoms with Crippen LogP contribution >= 0.6 is 22.6 Å². The third-order valence-corrected chi connectivity index (χ3v) is 8.17. The number of para-hydroxylation sites is 1. The Morgan fingerprint density at radius 2 is 1.76 bits per heavy atom. The van der Waals surface area contributed by atoms with Gasteiger partial charge in [0.25, 0.3) is 0 Å². The monoisotopic (exact) mass is 612 g/mol. The Labute approximate surface area is 237 Å². The van der Waals surface area contributed by atoms with Crippen LogP contribution in [0.25, 0.3) is 0 Å². The third-order valence-electron chi connectivity index (χ3n) is 7.36. The molecule has 1 aliphatic heterocycles. The number of anilines is 1. The molecule has 0 bridgehead atoms. The number of aliphatic imine (C=N–C) groups is 1. The van der Waals surface area contributed by atoms with E-state index < -0.39 is 0 Å². The lowest BCUT2D eigenvalue weighted by Crippen LogP contribution is -2.28. The minimum Gasteiger partial charge on any atom is -0.493 e. The van der Waals surface area contributed by atoms with Crippen LogP contribution in [0, 0.1) is 9.49 Å². The fraction of sp³-hybridized carbons (Fsp3) is 0.182. The van der Waals surface area contributed by atoms with E-state index in [0.717, 1.165) is 32.6 Å². The van der Waals surface area contributed by atoms with Crippen molar-refractivity contribution >= 4 is 40.2 Å². The van der Waals surface area contributed by atoms with Gasteiger partial charge in [-0.25, -0.2) is 0 Å². The zero-order valence-corrected chi connectivity index (χ0v) is 23.3. The highest BCUT2D eigenvalue weighted by molar-refractivity contribution is 14.1. The second kappa shape index (κ2) is 11.0. The highest BCUT2D eigenvalue weighted by atomic mass is 127. The van der Waals surface area contributed by atoms with Crippen LogP contribution in [-0.4, -0.2) is 13.3 Å². The summed E-state index contributed by atoms with van der Waals surface area (Å²) in [6.45, 7) is 0.492. The number of hydrogen-bond acceptors (Lipinski definition) is 4. The van der Waals surface area contributed by atoms with Crippen molar-refractivity contribution in [1.29, 1.82) is 0 Å². The Hall–Kier alpha value is -3.58. The van der Waals surface area contributed by atoms with Crippen molar-refractivity contribution in [2.24, 2.45) is 10.9 Å². The van der Waals surface area contributed by atoms with Crippen molar-refractivity contribution in [3.63, 3.8) is 0 Å². The molecule has 4 aromatic carbocycles. The van der Waals surface area contributed by atoms with Crippen molar-refractivity contribution < 1.29 is 9.47 Å². The number of rotatable bonds is 7. The molecule has 6 rings (SSSR count). The second-order valence-corrected chi connectivity index (χ2v) is 10.9. The summed E-state index contributed by atoms with van der Waals surface area (Å²) in [7, 11) is 1.67. The van der Waals surface area contributed by atoms with Crippen LogP contribution in [0.1, 0.15) is 40.6 Å². The fourth-order valence-corrected chi connectivity index (χ4v) is 6.26. The Balaban J connectivity index is 1.17. The van der Waals surface area contributed by atoms with Gasteiger partial charge in [-0.1, -0.05) is 72.8 Å². The number of halogens is 1. The minimum absolute atomic E-state index is 0.289. The van der Waals surface area contributed by atoms with Crippen molar-refractivity contribution in [3.05, 3.63) is 129 Å². The first-order valence-electron chi connectivity index (χ1n) is 12.9. The molecule has 38 heavy (non-hydrogen) atoms. The molecule has 0 spiro atoms. The van der Waals surface area contributed by atoms with Crippen LogP contribution in [-0.2, 0) is 6.61 Å². The summed E-state index contributed by atoms with van der Waals surface area (Å²) >= 11 is 2.29. The standard InChI is InChI=1S/C33H29IN2O2/c1-37-31-19-23(18-29(34)33(31)38-21-22-8-3-2-4-9-22)20-35-25-16-14-24(15-17-25)32-28-12-7-11-26(28)27-10-5-6-13-30(27)36-32/h2-11,13-20,26,28,32,36H,12,21H2,1H3/t26-,28+,32-/m0/s1. The van der Waals surface area contributed by atoms with Crippen molar-refractivity contribution in [1.82, 2.24) is 0 Å². The Kier molecular flexibility index (Phi) is 7.18. The van der Waals surface area contributed by atoms with Gasteiger partial charge in [0.05, 0.1) is 22.4 Å². The first-order chi connectivity index (χ1) is 18.7. The summed E-state index contributed by atoms with van der Waals surface area (Å²) in [5.74, 6) is 2.47. The van der Waals surface area contributed by atoms with E-state index in [1.807, 2.05) is 30.5 Å². The van der Waals surface area contributed by atoms with Gasteiger partial charge in [-0.15, -0.1) is 0 Å². The molecule has 0 amide bonds. The van der Waals surface area contributed by atoms with Crippen molar-refractivity contribution in [3.8, 4) is 11.5 Å². The molecule has 1 aliphatic carbocycles. The zero-order chi connectivity index (χ0) is 25.9. The van der Waals surface area contributed by atoms with E-state index in [4.69, 9.17) is 14.5 Å². The van der Waals surface area contributed by atoms with E-state index >= 15 is 0 Å². The van der Waals surface area contributed by atoms with E-state index in [2.05, 4.69) is 107 Å². The van der Waals surface area contributed by atoms with E-state index in [9.17, 15) is 0 Å². The largest absolute Gasteiger partial charge is 0.493 e. The molecule has 1 heterocycles. The van der Waals surface area contributed by atoms with Crippen LogP contribution < -0.4 is 14.8 Å². The van der Waals surface area contributed by atoms with Gasteiger partial charge in [0.2, 0.25) is 0 Å². The van der Waals surface area contributed by atoms with Crippen LogP contribution in [0.2, 0.25) is 0 Å². The first-order valence-corrected chi connectivity index (χ1v) is 14.0. The minimum atomic E-state index is 0.289. The molecule has 2 aliphatic rings. The topological polar surface area (TPSA) is 42.8 Å². The summed E-state index contributed by atoms with van der Waals surface area (Å²) in [5.41, 5.74) is 6.95. The van der Waals surface area contributed by atoms with Crippen LogP contribution in [0.3, 0.4) is 0 Å². The third kappa shape index (κ3) is 5.07. The summed E-state index contributed by atoms with van der Waals surface area (Å²) < 4.78 is 12.7. The molecule has 4 aromatic rings. The molecule has 0 saturated heterocycles. The molecule has 0 radical (unpaired) electrons. The molecular weight excluding hydrogens is 583 g/mol. The SMILES string of the molecule is COc1cc(C=Nc2ccc([C@@H]3Nc4ccccc4[C@@H]4C=CC[C@H]43)cc2)cc(I)c1OCc1ccccc1. The van der Waals surface area contributed by atoms with Gasteiger partial charge >= 0.3 is 0 Å². The van der Waals surface area contributed by atoms with Crippen LogP contribution in [0.4, 0.5) is 11.4 Å². The Bertz CT molecular complexity index is 1480. The molecule has 3 atom stereocenters. The zero-order valence-electron chi connectivity index (χ0n) is 21.2. The number of nitrogens with one attached hydrogen (secondary N) is 1. The molecule has 1 N–H and O–H groups in total. The molecule has 190 valence electrons. The van der Waals surface area contributed by atoms with Crippen molar-refractivity contribution in [2.45, 2.75) is 25.0 Å². The average Bonchev–Trinajstić information content (AvgIpc) is 3.46. The summed E-state index contributed by atoms with van der Waals surface area (Å²) in [4.78, 5) is 4.75. The predicted octanol–water partition coefficient (Wildman–Crippen LogP) is 8.46. The molecule has 0 unspecified atom stereocenters. The van der Waals surface area contributed by atoms with E-state index in [1.165, 1.54) is 16.8 Å². The van der Waals surface area contributed by atoms with E-state index in [0.29, 0.717) is 24.2 Å². The number of allylic oxidation sites excluding steroid dienone is 2. The van der Waals surface area contributed by atoms with Crippen molar-refractivity contribution in [2.75, 3.05) is 12.4 Å². The maximum atomic E-state index is 6.10. The molecule has 0 saturated carbocycles. The number of fused-ring (bicyclic) bond motifs is 3. The quantitative estimate of drug-likeness (QED) is 0.129. The number of methoxy groups -OCH3 is 1. The summed E-state index contributed by atoms with van der Waals surface area (Å²) in [6, 6.07) is 31.8. The molecule has 0 fully saturated rings. The molecule has 0 aromatic heterocycles. The van der Waals surface area contributed by atoms with Crippen LogP contribution in [0.15, 0.2) is 108 Å². The highest BCUT2D eigenvalue weighted by Crippen LogP contribution is 2.49. The fourth-order valence-electron chi connectivity index (χ4n) is 5.47. The molecule has 4 nitrogen and oxygen atoms in total. The Morgan fingerprint density at radius 1 is 0.974 bits per heavy atom. The maximum absolute atomic E-state index is 6.10. The summed E-state index contributed by atoms with van der Waals surface area (Å²) in [6.07, 6.45) is 7.69. The molecular formula is C33H29IN2O2. The predicted molar refractivity (Wildman–Crippen MR) is 163 cm³/mol. The number of ether oxygens (including phenoxy) is 2. The van der Waals surface area contributed by atoms with E-state index in [1.54, 1.807) is 7.11 Å². The average molecular weight is 613 g/mol. The number of benzene rings is 4. The molecule has 5 heteroatoms. The maximum Gasteiger partial charge on any atom is 0.174 e. The number of nitrogens with zero attached hydrogens (tertiary/aromatic N) is 1. The highest BCUT2D eigenvalue weighted by Gasteiger charge is 2.37. The smallest absolute Gasteiger partial charge is 0.174 e. The second-order valence-electron chi connectivity index (χ2n) is 9.72. The van der Waals surface area contributed by atoms with Gasteiger partial charge in [0, 0.05) is 17.8 Å². The lowest BCUT2D eigenvalue weighted by Gasteiger charge is -2.37. The van der Waals surface area contributed by atoms with E-state index in [-0.39, 0.29) is 6.04 Å². The Morgan fingerprint density at radius 3 is 2.58 bits per heavy atom. The lowest BCUT2D eigenvalue weighted by atomic mass is 9.77. The van der Waals surface area contributed by atoms with Gasteiger partial charge in [-0.2, -0.15) is 0 Å². The number of hydrogen-bond donors (Lipinski definition) is 1. The first kappa shape index (κ1) is 24.7.